The first kappa shape index (κ1) is 16.8. The van der Waals surface area contributed by atoms with Gasteiger partial charge in [0.05, 0.1) is 19.0 Å². The zero-order valence-electron chi connectivity index (χ0n) is 14.2. The van der Waals surface area contributed by atoms with E-state index in [-0.39, 0.29) is 18.0 Å². The number of hydrogen-bond acceptors (Lipinski definition) is 6. The molecule has 3 heterocycles. The Morgan fingerprint density at radius 2 is 2.19 bits per heavy atom. The lowest BCUT2D eigenvalue weighted by Crippen LogP contribution is -2.45. The Morgan fingerprint density at radius 3 is 2.92 bits per heavy atom. The highest BCUT2D eigenvalue weighted by atomic mass is 32.1. The number of amides is 1. The van der Waals surface area contributed by atoms with Crippen molar-refractivity contribution in [1.29, 1.82) is 0 Å². The molecule has 26 heavy (non-hydrogen) atoms. The molecule has 1 unspecified atom stereocenters. The SMILES string of the molecule is COC(=O)N1CCCC(Nc2nn3cc(-c4ccc(F)cc4)nc3s2)C1. The Balaban J connectivity index is 1.47. The fourth-order valence-electron chi connectivity index (χ4n) is 3.08. The van der Waals surface area contributed by atoms with Gasteiger partial charge in [-0.2, -0.15) is 0 Å². The van der Waals surface area contributed by atoms with Crippen molar-refractivity contribution in [3.8, 4) is 11.3 Å². The second-order valence-electron chi connectivity index (χ2n) is 6.17. The Labute approximate surface area is 153 Å². The molecule has 0 bridgehead atoms. The number of aromatic nitrogens is 3. The van der Waals surface area contributed by atoms with Crippen LogP contribution in [0.15, 0.2) is 30.5 Å². The van der Waals surface area contributed by atoms with Gasteiger partial charge in [0, 0.05) is 24.7 Å². The minimum atomic E-state index is -0.297. The van der Waals surface area contributed by atoms with E-state index in [1.165, 1.54) is 30.6 Å². The van der Waals surface area contributed by atoms with Crippen molar-refractivity contribution in [3.63, 3.8) is 0 Å². The van der Waals surface area contributed by atoms with Crippen molar-refractivity contribution in [2.45, 2.75) is 18.9 Å². The van der Waals surface area contributed by atoms with Gasteiger partial charge in [-0.1, -0.05) is 11.3 Å². The van der Waals surface area contributed by atoms with Gasteiger partial charge in [0.25, 0.3) is 0 Å². The summed E-state index contributed by atoms with van der Waals surface area (Å²) >= 11 is 1.45. The molecule has 7 nitrogen and oxygen atoms in total. The first-order chi connectivity index (χ1) is 12.6. The molecule has 136 valence electrons. The summed E-state index contributed by atoms with van der Waals surface area (Å²) in [7, 11) is 1.40. The van der Waals surface area contributed by atoms with E-state index in [1.54, 1.807) is 21.5 Å². The molecule has 1 aliphatic heterocycles. The van der Waals surface area contributed by atoms with Crippen molar-refractivity contribution in [2.24, 2.45) is 0 Å². The van der Waals surface area contributed by atoms with Crippen LogP contribution in [0.3, 0.4) is 0 Å². The number of ether oxygens (including phenoxy) is 1. The third-order valence-corrected chi connectivity index (χ3v) is 5.22. The highest BCUT2D eigenvalue weighted by Gasteiger charge is 2.25. The van der Waals surface area contributed by atoms with Crippen LogP contribution in [0.5, 0.6) is 0 Å². The number of imidazole rings is 1. The van der Waals surface area contributed by atoms with Gasteiger partial charge in [0.1, 0.15) is 5.82 Å². The summed E-state index contributed by atoms with van der Waals surface area (Å²) in [5.74, 6) is -0.270. The fourth-order valence-corrected chi connectivity index (χ4v) is 3.94. The number of nitrogens with one attached hydrogen (secondary N) is 1. The van der Waals surface area contributed by atoms with Crippen molar-refractivity contribution in [1.82, 2.24) is 19.5 Å². The van der Waals surface area contributed by atoms with E-state index < -0.39 is 0 Å². The lowest BCUT2D eigenvalue weighted by Gasteiger charge is -2.31. The maximum atomic E-state index is 13.0. The molecular weight excluding hydrogens is 357 g/mol. The van der Waals surface area contributed by atoms with Crippen LogP contribution in [0.25, 0.3) is 16.2 Å². The van der Waals surface area contributed by atoms with E-state index in [9.17, 15) is 9.18 Å². The smallest absolute Gasteiger partial charge is 0.409 e. The number of carbonyl (C=O) groups is 1. The predicted octanol–water partition coefficient (Wildman–Crippen LogP) is 3.24. The van der Waals surface area contributed by atoms with Crippen LogP contribution in [-0.4, -0.2) is 51.8 Å². The molecule has 4 rings (SSSR count). The number of methoxy groups -OCH3 is 1. The molecule has 0 saturated carbocycles. The van der Waals surface area contributed by atoms with Crippen LogP contribution in [0.1, 0.15) is 12.8 Å². The van der Waals surface area contributed by atoms with Crippen LogP contribution in [-0.2, 0) is 4.74 Å². The monoisotopic (exact) mass is 375 g/mol. The summed E-state index contributed by atoms with van der Waals surface area (Å²) in [4.78, 5) is 18.7. The molecule has 2 aromatic heterocycles. The molecule has 1 N–H and O–H groups in total. The number of likely N-dealkylation sites (tertiary alicyclic amines) is 1. The van der Waals surface area contributed by atoms with E-state index >= 15 is 0 Å². The lowest BCUT2D eigenvalue weighted by molar-refractivity contribution is 0.113. The summed E-state index contributed by atoms with van der Waals surface area (Å²) < 4.78 is 19.6. The number of rotatable bonds is 3. The van der Waals surface area contributed by atoms with Crippen molar-refractivity contribution >= 4 is 27.5 Å². The van der Waals surface area contributed by atoms with E-state index in [1.807, 2.05) is 6.20 Å². The molecule has 1 atom stereocenters. The van der Waals surface area contributed by atoms with Gasteiger partial charge < -0.3 is 15.0 Å². The maximum absolute atomic E-state index is 13.0. The van der Waals surface area contributed by atoms with E-state index in [0.29, 0.717) is 13.1 Å². The quantitative estimate of drug-likeness (QED) is 0.761. The third kappa shape index (κ3) is 3.34. The summed E-state index contributed by atoms with van der Waals surface area (Å²) in [6.07, 6.45) is 3.42. The van der Waals surface area contributed by atoms with Crippen LogP contribution in [0.4, 0.5) is 14.3 Å². The highest BCUT2D eigenvalue weighted by Crippen LogP contribution is 2.26. The largest absolute Gasteiger partial charge is 0.453 e. The number of piperidine rings is 1. The Morgan fingerprint density at radius 1 is 1.38 bits per heavy atom. The molecule has 1 aromatic carbocycles. The Bertz CT molecular complexity index is 892. The average Bonchev–Trinajstić information content (AvgIpc) is 3.20. The standard InChI is InChI=1S/C17H18FN5O2S/c1-25-17(24)22-8-2-3-13(9-22)19-15-21-23-10-14(20-16(23)26-15)11-4-6-12(18)7-5-11/h4-7,10,13H,2-3,8-9H2,1H3,(H,19,21). The summed E-state index contributed by atoms with van der Waals surface area (Å²) in [6, 6.07) is 6.36. The normalized spacial score (nSPS) is 17.5. The van der Waals surface area contributed by atoms with Crippen LogP contribution < -0.4 is 5.32 Å². The molecule has 9 heteroatoms. The zero-order chi connectivity index (χ0) is 18.1. The highest BCUT2D eigenvalue weighted by molar-refractivity contribution is 7.20. The predicted molar refractivity (Wildman–Crippen MR) is 96.9 cm³/mol. The van der Waals surface area contributed by atoms with Gasteiger partial charge in [-0.25, -0.2) is 18.7 Å². The van der Waals surface area contributed by atoms with Crippen molar-refractivity contribution in [3.05, 3.63) is 36.3 Å². The molecular formula is C17H18FN5O2S. The van der Waals surface area contributed by atoms with Gasteiger partial charge >= 0.3 is 6.09 Å². The van der Waals surface area contributed by atoms with Crippen LogP contribution >= 0.6 is 11.3 Å². The van der Waals surface area contributed by atoms with E-state index in [4.69, 9.17) is 4.74 Å². The van der Waals surface area contributed by atoms with Crippen LogP contribution in [0, 0.1) is 5.82 Å². The van der Waals surface area contributed by atoms with E-state index in [2.05, 4.69) is 15.4 Å². The molecule has 1 amide bonds. The van der Waals surface area contributed by atoms with E-state index in [0.717, 1.165) is 34.2 Å². The molecule has 1 saturated heterocycles. The minimum Gasteiger partial charge on any atom is -0.453 e. The van der Waals surface area contributed by atoms with Gasteiger partial charge in [0.2, 0.25) is 10.1 Å². The third-order valence-electron chi connectivity index (χ3n) is 4.36. The molecule has 3 aromatic rings. The number of nitrogens with zero attached hydrogens (tertiary/aromatic N) is 4. The van der Waals surface area contributed by atoms with Crippen LogP contribution in [0.2, 0.25) is 0 Å². The van der Waals surface area contributed by atoms with Gasteiger partial charge in [-0.3, -0.25) is 0 Å². The first-order valence-electron chi connectivity index (χ1n) is 8.34. The molecule has 1 aliphatic rings. The molecule has 0 aliphatic carbocycles. The number of hydrogen-bond donors (Lipinski definition) is 1. The van der Waals surface area contributed by atoms with Gasteiger partial charge in [0.15, 0.2) is 0 Å². The number of benzene rings is 1. The topological polar surface area (TPSA) is 71.8 Å². The Hall–Kier alpha value is -2.68. The second kappa shape index (κ2) is 6.91. The lowest BCUT2D eigenvalue weighted by atomic mass is 10.1. The molecule has 0 spiro atoms. The summed E-state index contributed by atoms with van der Waals surface area (Å²) in [6.45, 7) is 1.31. The number of fused-ring (bicyclic) bond motifs is 1. The first-order valence-corrected chi connectivity index (χ1v) is 9.15. The fraction of sp³-hybridized carbons (Fsp3) is 0.353. The zero-order valence-corrected chi connectivity index (χ0v) is 15.0. The van der Waals surface area contributed by atoms with Gasteiger partial charge in [-0.05, 0) is 37.1 Å². The average molecular weight is 375 g/mol. The number of carbonyl (C=O) groups excluding carboxylic acids is 1. The summed E-state index contributed by atoms with van der Waals surface area (Å²) in [5, 5.41) is 8.65. The second-order valence-corrected chi connectivity index (χ2v) is 7.12. The Kier molecular flexibility index (Phi) is 4.46. The van der Waals surface area contributed by atoms with Gasteiger partial charge in [-0.15, -0.1) is 5.10 Å². The van der Waals surface area contributed by atoms with Crippen molar-refractivity contribution < 1.29 is 13.9 Å². The molecule has 1 fully saturated rings. The number of halogens is 1. The number of anilines is 1. The molecule has 0 radical (unpaired) electrons. The van der Waals surface area contributed by atoms with Crippen molar-refractivity contribution in [2.75, 3.05) is 25.5 Å². The minimum absolute atomic E-state index is 0.135. The summed E-state index contributed by atoms with van der Waals surface area (Å²) in [5.41, 5.74) is 1.60. The maximum Gasteiger partial charge on any atom is 0.409 e.